The summed E-state index contributed by atoms with van der Waals surface area (Å²) in [5.41, 5.74) is 2.61. The predicted molar refractivity (Wildman–Crippen MR) is 69.8 cm³/mol. The number of nitrogens with zero attached hydrogens (tertiary/aromatic N) is 1. The van der Waals surface area contributed by atoms with E-state index >= 15 is 0 Å². The Morgan fingerprint density at radius 1 is 1.35 bits per heavy atom. The van der Waals surface area contributed by atoms with Crippen molar-refractivity contribution in [3.05, 3.63) is 23.8 Å². The molecule has 0 radical (unpaired) electrons. The van der Waals surface area contributed by atoms with Crippen molar-refractivity contribution in [1.29, 1.82) is 0 Å². The lowest BCUT2D eigenvalue weighted by atomic mass is 10.1. The highest BCUT2D eigenvalue weighted by Crippen LogP contribution is 2.34. The van der Waals surface area contributed by atoms with Gasteiger partial charge in [-0.15, -0.1) is 0 Å². The van der Waals surface area contributed by atoms with Gasteiger partial charge in [-0.25, -0.2) is 0 Å². The third-order valence-corrected chi connectivity index (χ3v) is 3.71. The number of likely N-dealkylation sites (tertiary alicyclic amines) is 1. The number of hydrogen-bond acceptors (Lipinski definition) is 3. The van der Waals surface area contributed by atoms with E-state index < -0.39 is 0 Å². The van der Waals surface area contributed by atoms with Crippen LogP contribution in [0.4, 0.5) is 5.69 Å². The lowest BCUT2D eigenvalue weighted by Crippen LogP contribution is -2.56. The summed E-state index contributed by atoms with van der Waals surface area (Å²) < 4.78 is 6.07. The van der Waals surface area contributed by atoms with E-state index in [1.165, 1.54) is 11.3 Å². The summed E-state index contributed by atoms with van der Waals surface area (Å²) in [6.07, 6.45) is 1.49. The van der Waals surface area contributed by atoms with Crippen LogP contribution in [0.25, 0.3) is 0 Å². The number of para-hydroxylation sites is 1. The van der Waals surface area contributed by atoms with Gasteiger partial charge in [0.05, 0.1) is 5.69 Å². The molecule has 0 unspecified atom stereocenters. The molecule has 0 atom stereocenters. The third kappa shape index (κ3) is 2.00. The maximum Gasteiger partial charge on any atom is 0.143 e. The summed E-state index contributed by atoms with van der Waals surface area (Å²) in [4.78, 5) is 2.43. The van der Waals surface area contributed by atoms with Crippen LogP contribution in [0.2, 0.25) is 0 Å². The normalized spacial score (nSPS) is 19.9. The molecule has 1 saturated heterocycles. The van der Waals surface area contributed by atoms with Crippen molar-refractivity contribution in [3.8, 4) is 5.75 Å². The van der Waals surface area contributed by atoms with Gasteiger partial charge in [-0.2, -0.15) is 0 Å². The first-order valence-electron chi connectivity index (χ1n) is 6.50. The smallest absolute Gasteiger partial charge is 0.143 e. The van der Waals surface area contributed by atoms with Crippen LogP contribution in [0, 0.1) is 0 Å². The standard InChI is InChI=1S/C14H20N2O/c1-10(2)16-8-12(9-16)17-13-5-3-4-11-6-7-15-14(11)13/h3-5,10,12,15H,6-9H2,1-2H3. The van der Waals surface area contributed by atoms with Gasteiger partial charge in [-0.3, -0.25) is 4.90 Å². The van der Waals surface area contributed by atoms with Crippen molar-refractivity contribution in [3.63, 3.8) is 0 Å². The minimum absolute atomic E-state index is 0.367. The van der Waals surface area contributed by atoms with Gasteiger partial charge < -0.3 is 10.1 Å². The number of benzene rings is 1. The van der Waals surface area contributed by atoms with Gasteiger partial charge in [0.25, 0.3) is 0 Å². The maximum atomic E-state index is 6.07. The molecule has 0 aliphatic carbocycles. The van der Waals surface area contributed by atoms with Crippen molar-refractivity contribution in [1.82, 2.24) is 4.90 Å². The summed E-state index contributed by atoms with van der Waals surface area (Å²) in [7, 11) is 0. The van der Waals surface area contributed by atoms with Crippen LogP contribution in [0.1, 0.15) is 19.4 Å². The Bertz CT molecular complexity index is 411. The minimum Gasteiger partial charge on any atom is -0.486 e. The molecule has 1 aromatic carbocycles. The first-order chi connectivity index (χ1) is 8.24. The van der Waals surface area contributed by atoms with Crippen LogP contribution >= 0.6 is 0 Å². The van der Waals surface area contributed by atoms with E-state index in [4.69, 9.17) is 4.74 Å². The number of rotatable bonds is 3. The number of ether oxygens (including phenoxy) is 1. The van der Waals surface area contributed by atoms with Crippen molar-refractivity contribution in [2.24, 2.45) is 0 Å². The van der Waals surface area contributed by atoms with E-state index in [0.29, 0.717) is 12.1 Å². The Labute approximate surface area is 103 Å². The Hall–Kier alpha value is -1.22. The van der Waals surface area contributed by atoms with Gasteiger partial charge >= 0.3 is 0 Å². The van der Waals surface area contributed by atoms with Crippen LogP contribution in [-0.2, 0) is 6.42 Å². The Morgan fingerprint density at radius 3 is 2.94 bits per heavy atom. The summed E-state index contributed by atoms with van der Waals surface area (Å²) >= 11 is 0. The van der Waals surface area contributed by atoms with Crippen LogP contribution in [0.15, 0.2) is 18.2 Å². The third-order valence-electron chi connectivity index (χ3n) is 3.71. The van der Waals surface area contributed by atoms with Gasteiger partial charge in [-0.1, -0.05) is 12.1 Å². The molecule has 0 amide bonds. The van der Waals surface area contributed by atoms with Gasteiger partial charge in [0.2, 0.25) is 0 Å². The number of fused-ring (bicyclic) bond motifs is 1. The van der Waals surface area contributed by atoms with Gasteiger partial charge in [0, 0.05) is 25.7 Å². The number of nitrogens with one attached hydrogen (secondary N) is 1. The molecule has 3 rings (SSSR count). The topological polar surface area (TPSA) is 24.5 Å². The van der Waals surface area contributed by atoms with Crippen LogP contribution in [0.5, 0.6) is 5.75 Å². The molecule has 1 aromatic rings. The zero-order valence-electron chi connectivity index (χ0n) is 10.6. The molecule has 1 fully saturated rings. The molecule has 92 valence electrons. The Morgan fingerprint density at radius 2 is 2.18 bits per heavy atom. The first kappa shape index (κ1) is 10.9. The zero-order valence-corrected chi connectivity index (χ0v) is 10.6. The fraction of sp³-hybridized carbons (Fsp3) is 0.571. The second-order valence-electron chi connectivity index (χ2n) is 5.25. The summed E-state index contributed by atoms with van der Waals surface area (Å²) in [5, 5.41) is 3.42. The molecule has 2 aliphatic heterocycles. The molecule has 17 heavy (non-hydrogen) atoms. The molecule has 2 aliphatic rings. The molecule has 0 aromatic heterocycles. The summed E-state index contributed by atoms with van der Waals surface area (Å²) in [6.45, 7) is 7.62. The van der Waals surface area contributed by atoms with Gasteiger partial charge in [-0.05, 0) is 31.9 Å². The van der Waals surface area contributed by atoms with E-state index in [9.17, 15) is 0 Å². The second kappa shape index (κ2) is 4.22. The Balaban J connectivity index is 1.65. The average Bonchev–Trinajstić information content (AvgIpc) is 2.70. The highest BCUT2D eigenvalue weighted by atomic mass is 16.5. The predicted octanol–water partition coefficient (Wildman–Crippen LogP) is 2.13. The summed E-state index contributed by atoms with van der Waals surface area (Å²) in [6, 6.07) is 6.99. The number of anilines is 1. The first-order valence-corrected chi connectivity index (χ1v) is 6.50. The molecule has 0 saturated carbocycles. The fourth-order valence-corrected chi connectivity index (χ4v) is 2.55. The van der Waals surface area contributed by atoms with Crippen LogP contribution < -0.4 is 10.1 Å². The lowest BCUT2D eigenvalue weighted by molar-refractivity contribution is 0.000544. The molecule has 2 heterocycles. The molecular weight excluding hydrogens is 212 g/mol. The van der Waals surface area contributed by atoms with Crippen molar-refractivity contribution >= 4 is 5.69 Å². The lowest BCUT2D eigenvalue weighted by Gasteiger charge is -2.41. The monoisotopic (exact) mass is 232 g/mol. The van der Waals surface area contributed by atoms with E-state index in [0.717, 1.165) is 31.8 Å². The van der Waals surface area contributed by atoms with E-state index in [-0.39, 0.29) is 0 Å². The van der Waals surface area contributed by atoms with Crippen molar-refractivity contribution in [2.75, 3.05) is 25.0 Å². The zero-order chi connectivity index (χ0) is 11.8. The van der Waals surface area contributed by atoms with Crippen molar-refractivity contribution in [2.45, 2.75) is 32.4 Å². The molecule has 3 nitrogen and oxygen atoms in total. The highest BCUT2D eigenvalue weighted by Gasteiger charge is 2.31. The van der Waals surface area contributed by atoms with E-state index in [2.05, 4.69) is 42.3 Å². The Kier molecular flexibility index (Phi) is 2.71. The average molecular weight is 232 g/mol. The molecule has 3 heteroatoms. The van der Waals surface area contributed by atoms with E-state index in [1.54, 1.807) is 0 Å². The molecule has 0 bridgehead atoms. The molecule has 1 N–H and O–H groups in total. The number of hydrogen-bond donors (Lipinski definition) is 1. The van der Waals surface area contributed by atoms with Crippen LogP contribution in [-0.4, -0.2) is 36.7 Å². The van der Waals surface area contributed by atoms with Gasteiger partial charge in [0.15, 0.2) is 0 Å². The summed E-state index contributed by atoms with van der Waals surface area (Å²) in [5.74, 6) is 1.04. The minimum atomic E-state index is 0.367. The second-order valence-corrected chi connectivity index (χ2v) is 5.25. The van der Waals surface area contributed by atoms with Crippen LogP contribution in [0.3, 0.4) is 0 Å². The maximum absolute atomic E-state index is 6.07. The van der Waals surface area contributed by atoms with Gasteiger partial charge in [0.1, 0.15) is 11.9 Å². The molecule has 0 spiro atoms. The van der Waals surface area contributed by atoms with E-state index in [1.807, 2.05) is 0 Å². The fourth-order valence-electron chi connectivity index (χ4n) is 2.55. The largest absolute Gasteiger partial charge is 0.486 e. The van der Waals surface area contributed by atoms with Crippen molar-refractivity contribution < 1.29 is 4.74 Å². The molecular formula is C14H20N2O. The SMILES string of the molecule is CC(C)N1CC(Oc2cccc3c2NCC3)C1. The quantitative estimate of drug-likeness (QED) is 0.864. The highest BCUT2D eigenvalue weighted by molar-refractivity contribution is 5.65.